The van der Waals surface area contributed by atoms with Crippen molar-refractivity contribution in [3.05, 3.63) is 35.2 Å². The number of aliphatic hydroxyl groups is 1. The van der Waals surface area contributed by atoms with Gasteiger partial charge >= 0.3 is 6.03 Å². The first kappa shape index (κ1) is 26.3. The van der Waals surface area contributed by atoms with Gasteiger partial charge in [0.2, 0.25) is 5.91 Å². The minimum atomic E-state index is -0.390. The minimum Gasteiger partial charge on any atom is -0.488 e. The van der Waals surface area contributed by atoms with Crippen LogP contribution in [0.15, 0.2) is 22.7 Å². The quantitative estimate of drug-likeness (QED) is 0.644. The first-order chi connectivity index (χ1) is 16.5. The van der Waals surface area contributed by atoms with Gasteiger partial charge in [0.05, 0.1) is 25.6 Å². The highest BCUT2D eigenvalue weighted by atomic mass is 16.5. The number of benzene rings is 1. The molecular formula is C25H37N5O5. The summed E-state index contributed by atoms with van der Waals surface area (Å²) in [6.45, 7) is 7.90. The number of carbonyl (C=O) groups is 2. The molecule has 0 saturated heterocycles. The number of hydrogen-bond acceptors (Lipinski definition) is 7. The van der Waals surface area contributed by atoms with Gasteiger partial charge in [-0.25, -0.2) is 4.79 Å². The van der Waals surface area contributed by atoms with Crippen molar-refractivity contribution in [3.63, 3.8) is 0 Å². The Morgan fingerprint density at radius 1 is 1.31 bits per heavy atom. The van der Waals surface area contributed by atoms with Crippen LogP contribution < -0.4 is 15.0 Å². The molecule has 0 radical (unpaired) electrons. The fourth-order valence-corrected chi connectivity index (χ4v) is 4.13. The van der Waals surface area contributed by atoms with Crippen LogP contribution in [0.1, 0.15) is 30.9 Å². The second-order valence-electron chi connectivity index (χ2n) is 9.58. The van der Waals surface area contributed by atoms with Crippen molar-refractivity contribution in [3.8, 4) is 5.75 Å². The van der Waals surface area contributed by atoms with Crippen molar-refractivity contribution >= 4 is 23.3 Å². The number of urea groups is 1. The predicted molar refractivity (Wildman–Crippen MR) is 134 cm³/mol. The van der Waals surface area contributed by atoms with E-state index < -0.39 is 6.10 Å². The molecule has 3 rings (SSSR count). The smallest absolute Gasteiger partial charge is 0.321 e. The maximum absolute atomic E-state index is 13.2. The van der Waals surface area contributed by atoms with Crippen molar-refractivity contribution < 1.29 is 24.0 Å². The molecule has 192 valence electrons. The molecule has 35 heavy (non-hydrogen) atoms. The summed E-state index contributed by atoms with van der Waals surface area (Å²) >= 11 is 0. The molecule has 2 heterocycles. The van der Waals surface area contributed by atoms with Crippen LogP contribution in [-0.2, 0) is 11.2 Å². The third-order valence-corrected chi connectivity index (χ3v) is 6.48. The number of carbonyl (C=O) groups excluding carboxylic acids is 2. The molecule has 0 fully saturated rings. The summed E-state index contributed by atoms with van der Waals surface area (Å²) in [6, 6.07) is 5.15. The SMILES string of the molecule is Cc1noc(C)c1NC(=O)N(C)C[C@@H]1Oc2ccc(N(C)C)cc2CC(=O)N([C@H](C)CO)C[C@@H]1C. The highest BCUT2D eigenvalue weighted by Crippen LogP contribution is 2.30. The molecule has 1 aromatic heterocycles. The predicted octanol–water partition coefficient (Wildman–Crippen LogP) is 2.67. The number of nitrogens with zero attached hydrogens (tertiary/aromatic N) is 4. The highest BCUT2D eigenvalue weighted by molar-refractivity contribution is 5.90. The van der Waals surface area contributed by atoms with Crippen molar-refractivity contribution in [2.45, 2.75) is 46.3 Å². The lowest BCUT2D eigenvalue weighted by atomic mass is 10.0. The van der Waals surface area contributed by atoms with E-state index in [0.717, 1.165) is 11.3 Å². The zero-order valence-corrected chi connectivity index (χ0v) is 21.7. The van der Waals surface area contributed by atoms with E-state index in [1.54, 1.807) is 30.7 Å². The maximum atomic E-state index is 13.2. The number of likely N-dealkylation sites (N-methyl/N-ethyl adjacent to an activating group) is 1. The summed E-state index contributed by atoms with van der Waals surface area (Å²) in [5.74, 6) is 0.985. The maximum Gasteiger partial charge on any atom is 0.321 e. The Hall–Kier alpha value is -3.27. The summed E-state index contributed by atoms with van der Waals surface area (Å²) in [6.07, 6.45) is -0.220. The molecular weight excluding hydrogens is 450 g/mol. The van der Waals surface area contributed by atoms with E-state index in [1.807, 2.05) is 51.0 Å². The van der Waals surface area contributed by atoms with Gasteiger partial charge in [0.25, 0.3) is 0 Å². The monoisotopic (exact) mass is 487 g/mol. The molecule has 0 spiro atoms. The van der Waals surface area contributed by atoms with Crippen molar-refractivity contribution in [2.24, 2.45) is 5.92 Å². The van der Waals surface area contributed by atoms with Gasteiger partial charge < -0.3 is 34.4 Å². The Bertz CT molecular complexity index is 1030. The van der Waals surface area contributed by atoms with Crippen LogP contribution in [-0.4, -0.2) is 85.0 Å². The van der Waals surface area contributed by atoms with Gasteiger partial charge in [-0.05, 0) is 39.0 Å². The molecule has 10 nitrogen and oxygen atoms in total. The Kier molecular flexibility index (Phi) is 8.26. The Morgan fingerprint density at radius 2 is 2.03 bits per heavy atom. The van der Waals surface area contributed by atoms with Gasteiger partial charge in [0.15, 0.2) is 5.76 Å². The molecule has 3 atom stereocenters. The van der Waals surface area contributed by atoms with E-state index in [-0.39, 0.29) is 36.9 Å². The normalized spacial score (nSPS) is 19.1. The zero-order valence-electron chi connectivity index (χ0n) is 21.7. The summed E-state index contributed by atoms with van der Waals surface area (Å²) in [5, 5.41) is 16.5. The lowest BCUT2D eigenvalue weighted by molar-refractivity contribution is -0.134. The summed E-state index contributed by atoms with van der Waals surface area (Å²) in [4.78, 5) is 31.4. The number of rotatable bonds is 6. The number of ether oxygens (including phenoxy) is 1. The van der Waals surface area contributed by atoms with Crippen LogP contribution in [0, 0.1) is 19.8 Å². The van der Waals surface area contributed by atoms with Crippen molar-refractivity contribution in [1.29, 1.82) is 0 Å². The molecule has 2 N–H and O–H groups in total. The van der Waals surface area contributed by atoms with Crippen LogP contribution in [0.5, 0.6) is 5.75 Å². The number of aliphatic hydroxyl groups excluding tert-OH is 1. The second-order valence-corrected chi connectivity index (χ2v) is 9.58. The van der Waals surface area contributed by atoms with E-state index >= 15 is 0 Å². The lowest BCUT2D eigenvalue weighted by Crippen LogP contribution is -2.48. The van der Waals surface area contributed by atoms with Gasteiger partial charge in [-0.1, -0.05) is 12.1 Å². The van der Waals surface area contributed by atoms with Gasteiger partial charge in [-0.3, -0.25) is 4.79 Å². The molecule has 1 aromatic carbocycles. The van der Waals surface area contributed by atoms with Gasteiger partial charge in [-0.2, -0.15) is 0 Å². The average molecular weight is 488 g/mol. The number of hydrogen-bond donors (Lipinski definition) is 2. The molecule has 1 aliphatic rings. The number of anilines is 2. The van der Waals surface area contributed by atoms with E-state index in [9.17, 15) is 14.7 Å². The summed E-state index contributed by atoms with van der Waals surface area (Å²) in [7, 11) is 5.58. The van der Waals surface area contributed by atoms with Crippen molar-refractivity contribution in [1.82, 2.24) is 15.0 Å². The fraction of sp³-hybridized carbons (Fsp3) is 0.560. The topological polar surface area (TPSA) is 111 Å². The van der Waals surface area contributed by atoms with Crippen LogP contribution in [0.25, 0.3) is 0 Å². The third kappa shape index (κ3) is 6.05. The van der Waals surface area contributed by atoms with Crippen molar-refractivity contribution in [2.75, 3.05) is 51.1 Å². The van der Waals surface area contributed by atoms with Gasteiger partial charge in [0, 0.05) is 44.9 Å². The van der Waals surface area contributed by atoms with E-state index in [0.29, 0.717) is 36.0 Å². The van der Waals surface area contributed by atoms with E-state index in [4.69, 9.17) is 9.26 Å². The molecule has 1 aliphatic heterocycles. The van der Waals surface area contributed by atoms with Gasteiger partial charge in [-0.15, -0.1) is 0 Å². The number of aromatic nitrogens is 1. The number of aryl methyl sites for hydroxylation is 2. The summed E-state index contributed by atoms with van der Waals surface area (Å²) < 4.78 is 11.6. The lowest BCUT2D eigenvalue weighted by Gasteiger charge is -2.34. The third-order valence-electron chi connectivity index (χ3n) is 6.48. The molecule has 2 aromatic rings. The molecule has 0 aliphatic carbocycles. The second kappa shape index (κ2) is 11.0. The van der Waals surface area contributed by atoms with Crippen LogP contribution in [0.3, 0.4) is 0 Å². The number of nitrogens with one attached hydrogen (secondary N) is 1. The Balaban J connectivity index is 1.89. The van der Waals surface area contributed by atoms with Crippen LogP contribution in [0.2, 0.25) is 0 Å². The van der Waals surface area contributed by atoms with E-state index in [2.05, 4.69) is 10.5 Å². The largest absolute Gasteiger partial charge is 0.488 e. The molecule has 3 amide bonds. The molecule has 0 unspecified atom stereocenters. The number of amides is 3. The van der Waals surface area contributed by atoms with Gasteiger partial charge in [0.1, 0.15) is 23.2 Å². The molecule has 10 heteroatoms. The first-order valence-corrected chi connectivity index (χ1v) is 11.8. The van der Waals surface area contributed by atoms with Crippen LogP contribution in [0.4, 0.5) is 16.2 Å². The molecule has 0 saturated carbocycles. The minimum absolute atomic E-state index is 0.0655. The summed E-state index contributed by atoms with van der Waals surface area (Å²) in [5.41, 5.74) is 2.90. The first-order valence-electron chi connectivity index (χ1n) is 11.8. The zero-order chi connectivity index (χ0) is 25.9. The Labute approximate surface area is 206 Å². The average Bonchev–Trinajstić information content (AvgIpc) is 3.15. The Morgan fingerprint density at radius 3 is 2.63 bits per heavy atom. The highest BCUT2D eigenvalue weighted by Gasteiger charge is 2.32. The fourth-order valence-electron chi connectivity index (χ4n) is 4.13. The molecule has 0 bridgehead atoms. The standard InChI is InChI=1S/C25H37N5O5/c1-15-12-30(16(2)14-31)23(32)11-19-10-20(28(5)6)8-9-21(19)34-22(15)13-29(7)25(33)26-24-17(3)27-35-18(24)4/h8-10,15-16,22,31H,11-14H2,1-7H3,(H,26,33)/t15-,16+,22-/m0/s1. The van der Waals surface area contributed by atoms with E-state index in [1.165, 1.54) is 0 Å². The van der Waals surface area contributed by atoms with Crippen LogP contribution >= 0.6 is 0 Å². The number of fused-ring (bicyclic) bond motifs is 1.